The molecule has 0 aromatic carbocycles. The van der Waals surface area contributed by atoms with Crippen molar-refractivity contribution in [1.82, 2.24) is 0 Å². The van der Waals surface area contributed by atoms with Gasteiger partial charge in [-0.25, -0.2) is 0 Å². The number of hydrogen-bond donors (Lipinski definition) is 1. The lowest BCUT2D eigenvalue weighted by Gasteiger charge is -2.10. The first-order valence-corrected chi connectivity index (χ1v) is 5.41. The standard InChI is InChI=1S/C10H22S/c1-9(2)5-4-6-10(3)7-8-11/h9-11H,4-8H2,1-3H3. The fraction of sp³-hybridized carbons (Fsp3) is 1.00. The van der Waals surface area contributed by atoms with E-state index in [1.807, 2.05) is 0 Å². The van der Waals surface area contributed by atoms with E-state index >= 15 is 0 Å². The summed E-state index contributed by atoms with van der Waals surface area (Å²) in [5.74, 6) is 2.80. The van der Waals surface area contributed by atoms with Crippen LogP contribution in [0.15, 0.2) is 0 Å². The first-order chi connectivity index (χ1) is 5.16. The van der Waals surface area contributed by atoms with E-state index in [1.54, 1.807) is 0 Å². The fourth-order valence-electron chi connectivity index (χ4n) is 1.24. The Balaban J connectivity index is 3.10. The van der Waals surface area contributed by atoms with Crippen LogP contribution in [0, 0.1) is 11.8 Å². The second kappa shape index (κ2) is 7.02. The van der Waals surface area contributed by atoms with Crippen molar-refractivity contribution in [3.05, 3.63) is 0 Å². The average molecular weight is 174 g/mol. The molecule has 0 nitrogen and oxygen atoms in total. The van der Waals surface area contributed by atoms with Crippen molar-refractivity contribution in [3.63, 3.8) is 0 Å². The second-order valence-corrected chi connectivity index (χ2v) is 4.39. The molecule has 11 heavy (non-hydrogen) atoms. The predicted molar refractivity (Wildman–Crippen MR) is 56.3 cm³/mol. The van der Waals surface area contributed by atoms with Crippen LogP contribution < -0.4 is 0 Å². The molecule has 68 valence electrons. The molecule has 0 heterocycles. The van der Waals surface area contributed by atoms with Crippen molar-refractivity contribution in [1.29, 1.82) is 0 Å². The topological polar surface area (TPSA) is 0 Å². The summed E-state index contributed by atoms with van der Waals surface area (Å²) in [4.78, 5) is 0. The van der Waals surface area contributed by atoms with Crippen LogP contribution >= 0.6 is 12.6 Å². The Morgan fingerprint density at radius 2 is 1.64 bits per heavy atom. The van der Waals surface area contributed by atoms with Crippen LogP contribution in [0.3, 0.4) is 0 Å². The van der Waals surface area contributed by atoms with Crippen molar-refractivity contribution in [2.24, 2.45) is 11.8 Å². The maximum atomic E-state index is 4.22. The van der Waals surface area contributed by atoms with Gasteiger partial charge in [0.25, 0.3) is 0 Å². The third-order valence-electron chi connectivity index (χ3n) is 2.10. The Labute approximate surface area is 77.2 Å². The molecule has 1 atom stereocenters. The highest BCUT2D eigenvalue weighted by molar-refractivity contribution is 7.80. The summed E-state index contributed by atoms with van der Waals surface area (Å²) in [7, 11) is 0. The van der Waals surface area contributed by atoms with Gasteiger partial charge in [-0.1, -0.05) is 40.0 Å². The third-order valence-corrected chi connectivity index (χ3v) is 2.36. The highest BCUT2D eigenvalue weighted by atomic mass is 32.1. The van der Waals surface area contributed by atoms with E-state index in [1.165, 1.54) is 25.7 Å². The molecule has 0 saturated heterocycles. The molecule has 0 N–H and O–H groups in total. The van der Waals surface area contributed by atoms with E-state index in [0.29, 0.717) is 0 Å². The van der Waals surface area contributed by atoms with Crippen LogP contribution in [0.4, 0.5) is 0 Å². The second-order valence-electron chi connectivity index (χ2n) is 3.94. The first kappa shape index (κ1) is 11.4. The molecule has 0 radical (unpaired) electrons. The minimum atomic E-state index is 0.873. The molecule has 1 unspecified atom stereocenters. The summed E-state index contributed by atoms with van der Waals surface area (Å²) < 4.78 is 0. The molecule has 1 heteroatoms. The van der Waals surface area contributed by atoms with Crippen molar-refractivity contribution in [3.8, 4) is 0 Å². The van der Waals surface area contributed by atoms with E-state index in [-0.39, 0.29) is 0 Å². The Morgan fingerprint density at radius 3 is 2.09 bits per heavy atom. The lowest BCUT2D eigenvalue weighted by Crippen LogP contribution is -1.97. The molecule has 0 amide bonds. The van der Waals surface area contributed by atoms with Crippen molar-refractivity contribution in [2.75, 3.05) is 5.75 Å². The van der Waals surface area contributed by atoms with Crippen LogP contribution in [0.5, 0.6) is 0 Å². The van der Waals surface area contributed by atoms with Gasteiger partial charge in [0.15, 0.2) is 0 Å². The average Bonchev–Trinajstić information content (AvgIpc) is 1.87. The van der Waals surface area contributed by atoms with Gasteiger partial charge in [-0.2, -0.15) is 12.6 Å². The summed E-state index contributed by atoms with van der Waals surface area (Å²) in [6.07, 6.45) is 5.45. The van der Waals surface area contributed by atoms with Crippen LogP contribution in [-0.2, 0) is 0 Å². The number of rotatable bonds is 6. The predicted octanol–water partition coefficient (Wildman–Crippen LogP) is 3.77. The van der Waals surface area contributed by atoms with Crippen molar-refractivity contribution in [2.45, 2.75) is 46.5 Å². The van der Waals surface area contributed by atoms with Gasteiger partial charge in [0.2, 0.25) is 0 Å². The van der Waals surface area contributed by atoms with Crippen molar-refractivity contribution < 1.29 is 0 Å². The van der Waals surface area contributed by atoms with Gasteiger partial charge in [-0.3, -0.25) is 0 Å². The molecule has 0 aliphatic rings. The van der Waals surface area contributed by atoms with Crippen LogP contribution in [0.25, 0.3) is 0 Å². The van der Waals surface area contributed by atoms with Gasteiger partial charge in [0.1, 0.15) is 0 Å². The van der Waals surface area contributed by atoms with Crippen LogP contribution in [-0.4, -0.2) is 5.75 Å². The van der Waals surface area contributed by atoms with Gasteiger partial charge in [-0.15, -0.1) is 0 Å². The maximum absolute atomic E-state index is 4.22. The van der Waals surface area contributed by atoms with E-state index in [4.69, 9.17) is 0 Å². The molecular weight excluding hydrogens is 152 g/mol. The van der Waals surface area contributed by atoms with E-state index in [2.05, 4.69) is 33.4 Å². The third kappa shape index (κ3) is 8.25. The molecule has 0 saturated carbocycles. The van der Waals surface area contributed by atoms with E-state index in [0.717, 1.165) is 17.6 Å². The Hall–Kier alpha value is 0.350. The molecule has 0 aliphatic heterocycles. The maximum Gasteiger partial charge on any atom is -0.00954 e. The molecule has 0 bridgehead atoms. The smallest absolute Gasteiger partial charge is 0.00954 e. The SMILES string of the molecule is CC(C)CCCC(C)CCS. The summed E-state index contributed by atoms with van der Waals surface area (Å²) in [5, 5.41) is 0. The van der Waals surface area contributed by atoms with E-state index < -0.39 is 0 Å². The van der Waals surface area contributed by atoms with Crippen molar-refractivity contribution >= 4 is 12.6 Å². The quantitative estimate of drug-likeness (QED) is 0.582. The molecule has 0 aromatic heterocycles. The molecule has 0 fully saturated rings. The molecular formula is C10H22S. The monoisotopic (exact) mass is 174 g/mol. The zero-order chi connectivity index (χ0) is 8.69. The minimum absolute atomic E-state index is 0.873. The Morgan fingerprint density at radius 1 is 1.00 bits per heavy atom. The minimum Gasteiger partial charge on any atom is -0.179 e. The zero-order valence-corrected chi connectivity index (χ0v) is 9.03. The highest BCUT2D eigenvalue weighted by Gasteiger charge is 2.01. The summed E-state index contributed by atoms with van der Waals surface area (Å²) in [6, 6.07) is 0. The van der Waals surface area contributed by atoms with Crippen LogP contribution in [0.2, 0.25) is 0 Å². The molecule has 0 aromatic rings. The Bertz CT molecular complexity index is 78.9. The van der Waals surface area contributed by atoms with Gasteiger partial charge in [0, 0.05) is 0 Å². The molecule has 0 spiro atoms. The molecule has 0 rings (SSSR count). The highest BCUT2D eigenvalue weighted by Crippen LogP contribution is 2.15. The lowest BCUT2D eigenvalue weighted by molar-refractivity contribution is 0.451. The van der Waals surface area contributed by atoms with E-state index in [9.17, 15) is 0 Å². The largest absolute Gasteiger partial charge is 0.179 e. The van der Waals surface area contributed by atoms with Gasteiger partial charge in [0.05, 0.1) is 0 Å². The number of hydrogen-bond acceptors (Lipinski definition) is 1. The summed E-state index contributed by atoms with van der Waals surface area (Å²) in [6.45, 7) is 6.92. The zero-order valence-electron chi connectivity index (χ0n) is 8.14. The van der Waals surface area contributed by atoms with Gasteiger partial charge in [-0.05, 0) is 24.0 Å². The Kier molecular flexibility index (Phi) is 7.25. The number of thiol groups is 1. The summed E-state index contributed by atoms with van der Waals surface area (Å²) >= 11 is 4.22. The lowest BCUT2D eigenvalue weighted by atomic mass is 9.98. The van der Waals surface area contributed by atoms with Gasteiger partial charge >= 0.3 is 0 Å². The normalized spacial score (nSPS) is 13.9. The molecule has 0 aliphatic carbocycles. The summed E-state index contributed by atoms with van der Waals surface area (Å²) in [5.41, 5.74) is 0. The van der Waals surface area contributed by atoms with Gasteiger partial charge < -0.3 is 0 Å². The first-order valence-electron chi connectivity index (χ1n) is 4.77. The fourth-order valence-corrected chi connectivity index (χ4v) is 1.68. The van der Waals surface area contributed by atoms with Crippen LogP contribution in [0.1, 0.15) is 46.5 Å².